The summed E-state index contributed by atoms with van der Waals surface area (Å²) in [6.45, 7) is -1.31. The summed E-state index contributed by atoms with van der Waals surface area (Å²) in [7, 11) is 0. The number of primary amides is 1. The highest BCUT2D eigenvalue weighted by Gasteiger charge is 2.33. The predicted molar refractivity (Wildman–Crippen MR) is 52.9 cm³/mol. The molecule has 0 aromatic carbocycles. The fourth-order valence-corrected chi connectivity index (χ4v) is 1.77. The summed E-state index contributed by atoms with van der Waals surface area (Å²) in [5, 5.41) is 1.99. The first-order valence-electron chi connectivity index (χ1n) is 5.17. The average Bonchev–Trinajstić information content (AvgIpc) is 2.63. The van der Waals surface area contributed by atoms with E-state index in [4.69, 9.17) is 5.73 Å². The zero-order valence-electron chi connectivity index (χ0n) is 9.09. The summed E-state index contributed by atoms with van der Waals surface area (Å²) in [5.74, 6) is -1.15. The van der Waals surface area contributed by atoms with Crippen molar-refractivity contribution >= 4 is 11.8 Å². The zero-order chi connectivity index (χ0) is 13.1. The summed E-state index contributed by atoms with van der Waals surface area (Å²) in [6.07, 6.45) is -3.24. The van der Waals surface area contributed by atoms with Crippen molar-refractivity contribution in [3.63, 3.8) is 0 Å². The first-order chi connectivity index (χ1) is 7.81. The van der Waals surface area contributed by atoms with Crippen LogP contribution in [0.1, 0.15) is 12.8 Å². The fraction of sp³-hybridized carbons (Fsp3) is 0.778. The van der Waals surface area contributed by atoms with E-state index in [1.165, 1.54) is 4.90 Å². The molecule has 0 aliphatic carbocycles. The van der Waals surface area contributed by atoms with Crippen molar-refractivity contribution in [1.29, 1.82) is 0 Å². The monoisotopic (exact) mass is 253 g/mol. The molecule has 3 N–H and O–H groups in total. The van der Waals surface area contributed by atoms with Crippen LogP contribution in [0.5, 0.6) is 0 Å². The van der Waals surface area contributed by atoms with Crippen molar-refractivity contribution in [1.82, 2.24) is 10.2 Å². The first kappa shape index (κ1) is 13.8. The Hall–Kier alpha value is -1.31. The van der Waals surface area contributed by atoms with Gasteiger partial charge in [0.15, 0.2) is 0 Å². The number of carbonyl (C=O) groups is 2. The molecule has 0 radical (unpaired) electrons. The molecular formula is C9H14F3N3O2. The van der Waals surface area contributed by atoms with Gasteiger partial charge in [0.1, 0.15) is 6.04 Å². The van der Waals surface area contributed by atoms with E-state index < -0.39 is 37.1 Å². The van der Waals surface area contributed by atoms with Crippen LogP contribution in [-0.4, -0.2) is 48.6 Å². The van der Waals surface area contributed by atoms with Crippen molar-refractivity contribution in [3.8, 4) is 0 Å². The highest BCUT2D eigenvalue weighted by Crippen LogP contribution is 2.17. The van der Waals surface area contributed by atoms with E-state index in [2.05, 4.69) is 0 Å². The number of hydrogen-bond donors (Lipinski definition) is 2. The minimum atomic E-state index is -4.35. The summed E-state index contributed by atoms with van der Waals surface area (Å²) in [6, 6.07) is -0.685. The van der Waals surface area contributed by atoms with Gasteiger partial charge in [-0.15, -0.1) is 0 Å². The van der Waals surface area contributed by atoms with E-state index in [9.17, 15) is 22.8 Å². The van der Waals surface area contributed by atoms with Crippen molar-refractivity contribution in [2.75, 3.05) is 19.6 Å². The lowest BCUT2D eigenvalue weighted by Crippen LogP contribution is -2.47. The van der Waals surface area contributed by atoms with Gasteiger partial charge in [0, 0.05) is 6.54 Å². The van der Waals surface area contributed by atoms with E-state index in [0.29, 0.717) is 19.4 Å². The van der Waals surface area contributed by atoms with Gasteiger partial charge in [-0.25, -0.2) is 0 Å². The molecular weight excluding hydrogens is 239 g/mol. The molecule has 0 aromatic rings. The Morgan fingerprint density at radius 3 is 2.59 bits per heavy atom. The Bertz CT molecular complexity index is 306. The third-order valence-corrected chi connectivity index (χ3v) is 2.50. The number of nitrogens with one attached hydrogen (secondary N) is 1. The molecule has 1 heterocycles. The van der Waals surface area contributed by atoms with Crippen LogP contribution in [0.3, 0.4) is 0 Å². The second-order valence-electron chi connectivity index (χ2n) is 3.87. The lowest BCUT2D eigenvalue weighted by atomic mass is 10.2. The normalized spacial score (nSPS) is 20.6. The fourth-order valence-electron chi connectivity index (χ4n) is 1.77. The maximum absolute atomic E-state index is 11.8. The number of hydrogen-bond acceptors (Lipinski definition) is 3. The highest BCUT2D eigenvalue weighted by molar-refractivity contribution is 5.88. The molecule has 1 saturated heterocycles. The second kappa shape index (κ2) is 5.35. The van der Waals surface area contributed by atoms with Gasteiger partial charge in [-0.05, 0) is 12.8 Å². The molecule has 0 aromatic heterocycles. The van der Waals surface area contributed by atoms with Crippen molar-refractivity contribution in [3.05, 3.63) is 0 Å². The van der Waals surface area contributed by atoms with Gasteiger partial charge in [0.05, 0.1) is 13.1 Å². The topological polar surface area (TPSA) is 75.4 Å². The zero-order valence-corrected chi connectivity index (χ0v) is 9.09. The van der Waals surface area contributed by atoms with Crippen LogP contribution >= 0.6 is 0 Å². The molecule has 5 nitrogen and oxygen atoms in total. The van der Waals surface area contributed by atoms with Gasteiger partial charge in [-0.2, -0.15) is 13.2 Å². The number of halogens is 3. The van der Waals surface area contributed by atoms with Crippen molar-refractivity contribution in [2.24, 2.45) is 5.73 Å². The van der Waals surface area contributed by atoms with E-state index in [-0.39, 0.29) is 0 Å². The molecule has 1 fully saturated rings. The molecule has 0 bridgehead atoms. The van der Waals surface area contributed by atoms with E-state index in [1.54, 1.807) is 0 Å². The van der Waals surface area contributed by atoms with Gasteiger partial charge in [-0.3, -0.25) is 9.59 Å². The van der Waals surface area contributed by atoms with Crippen molar-refractivity contribution < 1.29 is 22.8 Å². The molecule has 1 atom stereocenters. The smallest absolute Gasteiger partial charge is 0.368 e. The summed E-state index contributed by atoms with van der Waals surface area (Å²) >= 11 is 0. The van der Waals surface area contributed by atoms with Gasteiger partial charge >= 0.3 is 6.18 Å². The maximum Gasteiger partial charge on any atom is 0.401 e. The van der Waals surface area contributed by atoms with Crippen LogP contribution in [0.25, 0.3) is 0 Å². The Morgan fingerprint density at radius 1 is 1.41 bits per heavy atom. The lowest BCUT2D eigenvalue weighted by Gasteiger charge is -2.22. The van der Waals surface area contributed by atoms with E-state index in [0.717, 1.165) is 0 Å². The molecule has 1 unspecified atom stereocenters. The molecule has 98 valence electrons. The SMILES string of the molecule is NC(=O)C1CCCN1C(=O)CNCC(F)(F)F. The molecule has 17 heavy (non-hydrogen) atoms. The van der Waals surface area contributed by atoms with Gasteiger partial charge in [0.2, 0.25) is 11.8 Å². The summed E-state index contributed by atoms with van der Waals surface area (Å²) < 4.78 is 35.5. The highest BCUT2D eigenvalue weighted by atomic mass is 19.4. The maximum atomic E-state index is 11.8. The molecule has 0 spiro atoms. The van der Waals surface area contributed by atoms with Crippen LogP contribution < -0.4 is 11.1 Å². The number of nitrogens with two attached hydrogens (primary N) is 1. The van der Waals surface area contributed by atoms with Gasteiger partial charge in [-0.1, -0.05) is 0 Å². The van der Waals surface area contributed by atoms with Crippen LogP contribution in [0, 0.1) is 0 Å². The third-order valence-electron chi connectivity index (χ3n) is 2.50. The predicted octanol–water partition coefficient (Wildman–Crippen LogP) is -0.385. The minimum Gasteiger partial charge on any atom is -0.368 e. The van der Waals surface area contributed by atoms with Crippen LogP contribution in [0.2, 0.25) is 0 Å². The van der Waals surface area contributed by atoms with E-state index >= 15 is 0 Å². The molecule has 1 rings (SSSR count). The number of rotatable bonds is 4. The van der Waals surface area contributed by atoms with Crippen LogP contribution in [0.4, 0.5) is 13.2 Å². The molecule has 2 amide bonds. The van der Waals surface area contributed by atoms with Crippen molar-refractivity contribution in [2.45, 2.75) is 25.1 Å². The largest absolute Gasteiger partial charge is 0.401 e. The molecule has 0 saturated carbocycles. The Kier molecular flexibility index (Phi) is 4.33. The number of carbonyl (C=O) groups excluding carboxylic acids is 2. The summed E-state index contributed by atoms with van der Waals surface area (Å²) in [4.78, 5) is 23.7. The molecule has 8 heteroatoms. The standard InChI is InChI=1S/C9H14F3N3O2/c10-9(11,12)5-14-4-7(16)15-3-1-2-6(15)8(13)17/h6,14H,1-5H2,(H2,13,17). The van der Waals surface area contributed by atoms with Gasteiger partial charge in [0.25, 0.3) is 0 Å². The van der Waals surface area contributed by atoms with Crippen LogP contribution in [-0.2, 0) is 9.59 Å². The summed E-state index contributed by atoms with van der Waals surface area (Å²) in [5.41, 5.74) is 5.09. The first-order valence-corrected chi connectivity index (χ1v) is 5.17. The molecule has 1 aliphatic rings. The number of nitrogens with zero attached hydrogens (tertiary/aromatic N) is 1. The Morgan fingerprint density at radius 2 is 2.06 bits per heavy atom. The number of likely N-dealkylation sites (tertiary alicyclic amines) is 1. The quantitative estimate of drug-likeness (QED) is 0.716. The van der Waals surface area contributed by atoms with Crippen LogP contribution in [0.15, 0.2) is 0 Å². The number of amides is 2. The van der Waals surface area contributed by atoms with Gasteiger partial charge < -0.3 is 16.0 Å². The minimum absolute atomic E-state index is 0.361. The number of alkyl halides is 3. The van der Waals surface area contributed by atoms with E-state index in [1.807, 2.05) is 5.32 Å². The Balaban J connectivity index is 2.40. The Labute approximate surface area is 96.1 Å². The second-order valence-corrected chi connectivity index (χ2v) is 3.87. The third kappa shape index (κ3) is 4.22. The molecule has 1 aliphatic heterocycles. The average molecular weight is 253 g/mol. The lowest BCUT2D eigenvalue weighted by molar-refractivity contribution is -0.139.